The number of ketones is 1. The van der Waals surface area contributed by atoms with Crippen LogP contribution in [0.15, 0.2) is 77.1 Å². The number of aromatic hydroxyl groups is 1. The van der Waals surface area contributed by atoms with E-state index in [1.165, 1.54) is 0 Å². The maximum Gasteiger partial charge on any atom is 0.336 e. The number of Topliss-reactive ketones (excluding diaryl/α,β-unsaturated/α-hetero) is 1. The van der Waals surface area contributed by atoms with Crippen LogP contribution in [0.1, 0.15) is 45.1 Å². The number of esters is 1. The summed E-state index contributed by atoms with van der Waals surface area (Å²) in [4.78, 5) is 26.5. The number of benzene rings is 2. The van der Waals surface area contributed by atoms with Gasteiger partial charge in [0.2, 0.25) is 0 Å². The van der Waals surface area contributed by atoms with Crippen LogP contribution in [0.25, 0.3) is 0 Å². The normalized spacial score (nSPS) is 19.6. The molecule has 1 atom stereocenters. The molecule has 6 nitrogen and oxygen atoms in total. The Labute approximate surface area is 193 Å². The summed E-state index contributed by atoms with van der Waals surface area (Å²) in [6.07, 6.45) is 1.13. The van der Waals surface area contributed by atoms with Crippen molar-refractivity contribution >= 4 is 11.8 Å². The molecule has 0 fully saturated rings. The van der Waals surface area contributed by atoms with E-state index in [4.69, 9.17) is 9.47 Å². The van der Waals surface area contributed by atoms with E-state index in [9.17, 15) is 14.7 Å². The molecule has 0 unspecified atom stereocenters. The second-order valence-corrected chi connectivity index (χ2v) is 9.32. The van der Waals surface area contributed by atoms with Crippen molar-refractivity contribution in [3.63, 3.8) is 0 Å². The summed E-state index contributed by atoms with van der Waals surface area (Å²) in [5.41, 5.74) is 3.16. The zero-order chi connectivity index (χ0) is 23.6. The Balaban J connectivity index is 1.59. The molecule has 0 aromatic heterocycles. The molecule has 1 heterocycles. The van der Waals surface area contributed by atoms with Gasteiger partial charge in [-0.05, 0) is 48.6 Å². The van der Waals surface area contributed by atoms with Gasteiger partial charge in [0.05, 0.1) is 5.57 Å². The van der Waals surface area contributed by atoms with Gasteiger partial charge in [-0.3, -0.25) is 4.79 Å². The predicted molar refractivity (Wildman–Crippen MR) is 125 cm³/mol. The molecule has 1 aliphatic heterocycles. The standard InChI is InChI=1S/C27H29NO5/c1-17-23(26(31)33-14-13-32-20-7-5-4-6-8-20)24(18-9-11-19(29)12-10-18)25-21(28-17)15-27(2,3)16-22(25)30/h4-12,24,28-29H,13-16H2,1-3H3/t24-/m1/s1. The van der Waals surface area contributed by atoms with Crippen molar-refractivity contribution in [2.24, 2.45) is 5.41 Å². The summed E-state index contributed by atoms with van der Waals surface area (Å²) in [5, 5.41) is 13.1. The Morgan fingerprint density at radius 3 is 2.45 bits per heavy atom. The quantitative estimate of drug-likeness (QED) is 0.497. The van der Waals surface area contributed by atoms with E-state index >= 15 is 0 Å². The molecule has 0 saturated heterocycles. The summed E-state index contributed by atoms with van der Waals surface area (Å²) < 4.78 is 11.2. The number of carbonyl (C=O) groups is 2. The number of nitrogens with one attached hydrogen (secondary N) is 1. The van der Waals surface area contributed by atoms with Crippen LogP contribution in [-0.2, 0) is 14.3 Å². The van der Waals surface area contributed by atoms with Crippen molar-refractivity contribution < 1.29 is 24.2 Å². The van der Waals surface area contributed by atoms with Crippen LogP contribution in [0, 0.1) is 5.41 Å². The summed E-state index contributed by atoms with van der Waals surface area (Å²) in [6.45, 7) is 6.28. The number of carbonyl (C=O) groups excluding carboxylic acids is 2. The van der Waals surface area contributed by atoms with E-state index in [1.807, 2.05) is 37.3 Å². The van der Waals surface area contributed by atoms with Crippen molar-refractivity contribution in [2.45, 2.75) is 39.5 Å². The molecule has 2 aliphatic rings. The predicted octanol–water partition coefficient (Wildman–Crippen LogP) is 4.62. The van der Waals surface area contributed by atoms with Gasteiger partial charge < -0.3 is 19.9 Å². The molecule has 4 rings (SSSR count). The van der Waals surface area contributed by atoms with Crippen LogP contribution >= 0.6 is 0 Å². The average Bonchev–Trinajstić information content (AvgIpc) is 2.76. The summed E-state index contributed by atoms with van der Waals surface area (Å²) >= 11 is 0. The molecule has 0 amide bonds. The highest BCUT2D eigenvalue weighted by molar-refractivity contribution is 6.04. The largest absolute Gasteiger partial charge is 0.508 e. The summed E-state index contributed by atoms with van der Waals surface area (Å²) in [6, 6.07) is 16.0. The number of para-hydroxylation sites is 1. The monoisotopic (exact) mass is 447 g/mol. The first-order chi connectivity index (χ1) is 15.7. The van der Waals surface area contributed by atoms with Gasteiger partial charge in [-0.25, -0.2) is 4.79 Å². The number of allylic oxidation sites excluding steroid dienone is 3. The fraction of sp³-hybridized carbons (Fsp3) is 0.333. The van der Waals surface area contributed by atoms with Gasteiger partial charge >= 0.3 is 5.97 Å². The van der Waals surface area contributed by atoms with Gasteiger partial charge in [0, 0.05) is 29.3 Å². The van der Waals surface area contributed by atoms with E-state index < -0.39 is 11.9 Å². The van der Waals surface area contributed by atoms with E-state index in [-0.39, 0.29) is 30.2 Å². The Kier molecular flexibility index (Phi) is 6.27. The Morgan fingerprint density at radius 1 is 1.06 bits per heavy atom. The zero-order valence-electron chi connectivity index (χ0n) is 19.2. The topological polar surface area (TPSA) is 84.9 Å². The van der Waals surface area contributed by atoms with Gasteiger partial charge in [-0.1, -0.05) is 44.2 Å². The molecule has 2 aromatic rings. The van der Waals surface area contributed by atoms with Crippen LogP contribution in [0.5, 0.6) is 11.5 Å². The van der Waals surface area contributed by atoms with Crippen molar-refractivity contribution in [3.8, 4) is 11.5 Å². The number of phenols is 1. The fourth-order valence-electron chi connectivity index (χ4n) is 4.60. The third-order valence-electron chi connectivity index (χ3n) is 6.01. The molecule has 2 N–H and O–H groups in total. The number of dihydropyridines is 1. The lowest BCUT2D eigenvalue weighted by Gasteiger charge is -2.39. The molecular formula is C27H29NO5. The van der Waals surface area contributed by atoms with Gasteiger partial charge in [0.15, 0.2) is 5.78 Å². The molecule has 0 radical (unpaired) electrons. The third-order valence-corrected chi connectivity index (χ3v) is 6.01. The van der Waals surface area contributed by atoms with Crippen LogP contribution in [0.2, 0.25) is 0 Å². The summed E-state index contributed by atoms with van der Waals surface area (Å²) in [7, 11) is 0. The molecule has 0 bridgehead atoms. The first-order valence-corrected chi connectivity index (χ1v) is 11.1. The zero-order valence-corrected chi connectivity index (χ0v) is 19.2. The SMILES string of the molecule is CC1=C(C(=O)OCCOc2ccccc2)[C@@H](c2ccc(O)cc2)C2=C(CC(C)(C)CC2=O)N1. The highest BCUT2D eigenvalue weighted by Gasteiger charge is 2.43. The molecule has 172 valence electrons. The minimum absolute atomic E-state index is 0.0250. The van der Waals surface area contributed by atoms with E-state index in [1.54, 1.807) is 24.3 Å². The van der Waals surface area contributed by atoms with Gasteiger partial charge in [0.25, 0.3) is 0 Å². The molecule has 0 spiro atoms. The second-order valence-electron chi connectivity index (χ2n) is 9.32. The smallest absolute Gasteiger partial charge is 0.336 e. The highest BCUT2D eigenvalue weighted by atomic mass is 16.6. The number of hydrogen-bond acceptors (Lipinski definition) is 6. The molecule has 1 aliphatic carbocycles. The number of ether oxygens (including phenoxy) is 2. The van der Waals surface area contributed by atoms with E-state index in [2.05, 4.69) is 19.2 Å². The lowest BCUT2D eigenvalue weighted by molar-refractivity contribution is -0.140. The maximum atomic E-state index is 13.2. The number of rotatable bonds is 6. The lowest BCUT2D eigenvalue weighted by Crippen LogP contribution is -2.38. The first kappa shape index (κ1) is 22.6. The van der Waals surface area contributed by atoms with Crippen molar-refractivity contribution in [1.82, 2.24) is 5.32 Å². The van der Waals surface area contributed by atoms with Crippen LogP contribution in [-0.4, -0.2) is 30.1 Å². The minimum Gasteiger partial charge on any atom is -0.508 e. The van der Waals surface area contributed by atoms with Gasteiger partial charge in [-0.2, -0.15) is 0 Å². The Morgan fingerprint density at radius 2 is 1.76 bits per heavy atom. The average molecular weight is 448 g/mol. The number of phenolic OH excluding ortho intramolecular Hbond substituents is 1. The minimum atomic E-state index is -0.548. The van der Waals surface area contributed by atoms with Gasteiger partial charge in [-0.15, -0.1) is 0 Å². The maximum absolute atomic E-state index is 13.2. The van der Waals surface area contributed by atoms with E-state index in [0.29, 0.717) is 35.4 Å². The Bertz CT molecular complexity index is 1110. The molecule has 2 aromatic carbocycles. The fourth-order valence-corrected chi connectivity index (χ4v) is 4.60. The molecular weight excluding hydrogens is 418 g/mol. The van der Waals surface area contributed by atoms with E-state index in [0.717, 1.165) is 11.3 Å². The van der Waals surface area contributed by atoms with Crippen LogP contribution in [0.4, 0.5) is 0 Å². The van der Waals surface area contributed by atoms with Crippen LogP contribution in [0.3, 0.4) is 0 Å². The Hall–Kier alpha value is -3.54. The highest BCUT2D eigenvalue weighted by Crippen LogP contribution is 2.46. The van der Waals surface area contributed by atoms with Crippen molar-refractivity contribution in [2.75, 3.05) is 13.2 Å². The molecule has 0 saturated carbocycles. The first-order valence-electron chi connectivity index (χ1n) is 11.1. The van der Waals surface area contributed by atoms with Gasteiger partial charge in [0.1, 0.15) is 24.7 Å². The lowest BCUT2D eigenvalue weighted by atomic mass is 9.68. The molecule has 6 heteroatoms. The third kappa shape index (κ3) is 4.95. The molecule has 33 heavy (non-hydrogen) atoms. The number of hydrogen-bond donors (Lipinski definition) is 2. The van der Waals surface area contributed by atoms with Crippen molar-refractivity contribution in [3.05, 3.63) is 82.7 Å². The van der Waals surface area contributed by atoms with Crippen LogP contribution < -0.4 is 10.1 Å². The second kappa shape index (κ2) is 9.14. The summed E-state index contributed by atoms with van der Waals surface area (Å²) in [5.74, 6) is -0.180. The van der Waals surface area contributed by atoms with Crippen molar-refractivity contribution in [1.29, 1.82) is 0 Å².